The van der Waals surface area contributed by atoms with Gasteiger partial charge in [-0.1, -0.05) is 17.7 Å². The molecule has 20 heavy (non-hydrogen) atoms. The first-order chi connectivity index (χ1) is 9.50. The Morgan fingerprint density at radius 3 is 2.45 bits per heavy atom. The van der Waals surface area contributed by atoms with E-state index >= 15 is 0 Å². The highest BCUT2D eigenvalue weighted by atomic mass is 32.2. The molecule has 0 aliphatic heterocycles. The fraction of sp³-hybridized carbons (Fsp3) is 0.133. The first-order valence-electron chi connectivity index (χ1n) is 6.24. The lowest BCUT2D eigenvalue weighted by molar-refractivity contribution is 0.588. The van der Waals surface area contributed by atoms with E-state index in [0.29, 0.717) is 11.2 Å². The van der Waals surface area contributed by atoms with Crippen molar-refractivity contribution in [3.05, 3.63) is 60.0 Å². The summed E-state index contributed by atoms with van der Waals surface area (Å²) in [6.45, 7) is 3.71. The lowest BCUT2D eigenvalue weighted by atomic mass is 10.2. The Kier molecular flexibility index (Phi) is 2.87. The quantitative estimate of drug-likeness (QED) is 0.728. The molecule has 0 N–H and O–H groups in total. The van der Waals surface area contributed by atoms with Gasteiger partial charge in [-0.05, 0) is 38.1 Å². The van der Waals surface area contributed by atoms with Gasteiger partial charge in [0.15, 0.2) is 0 Å². The average molecular weight is 286 g/mol. The zero-order valence-electron chi connectivity index (χ0n) is 11.2. The van der Waals surface area contributed by atoms with Gasteiger partial charge in [-0.15, -0.1) is 0 Å². The fourth-order valence-electron chi connectivity index (χ4n) is 2.30. The molecule has 0 spiro atoms. The van der Waals surface area contributed by atoms with Crippen molar-refractivity contribution in [2.75, 3.05) is 0 Å². The average Bonchev–Trinajstić information content (AvgIpc) is 2.75. The van der Waals surface area contributed by atoms with Crippen molar-refractivity contribution >= 4 is 20.9 Å². The van der Waals surface area contributed by atoms with Crippen molar-refractivity contribution in [3.63, 3.8) is 0 Å². The fourth-order valence-corrected chi connectivity index (χ4v) is 3.83. The first-order valence-corrected chi connectivity index (χ1v) is 7.68. The summed E-state index contributed by atoms with van der Waals surface area (Å²) in [6, 6.07) is 10.5. The van der Waals surface area contributed by atoms with Crippen LogP contribution < -0.4 is 0 Å². The predicted octanol–water partition coefficient (Wildman–Crippen LogP) is 2.89. The van der Waals surface area contributed by atoms with Crippen molar-refractivity contribution in [1.82, 2.24) is 8.96 Å². The smallest absolute Gasteiger partial charge is 0.262 e. The van der Waals surface area contributed by atoms with E-state index in [2.05, 4.69) is 4.98 Å². The second kappa shape index (κ2) is 4.45. The van der Waals surface area contributed by atoms with Crippen molar-refractivity contribution in [2.45, 2.75) is 18.7 Å². The first kappa shape index (κ1) is 12.9. The van der Waals surface area contributed by atoms with E-state index in [1.807, 2.05) is 19.1 Å². The van der Waals surface area contributed by atoms with Crippen LogP contribution in [0.15, 0.2) is 53.7 Å². The van der Waals surface area contributed by atoms with E-state index in [9.17, 15) is 8.42 Å². The van der Waals surface area contributed by atoms with E-state index < -0.39 is 10.0 Å². The van der Waals surface area contributed by atoms with Crippen LogP contribution in [0.1, 0.15) is 11.3 Å². The molecule has 0 radical (unpaired) electrons. The summed E-state index contributed by atoms with van der Waals surface area (Å²) in [6.07, 6.45) is 3.23. The van der Waals surface area contributed by atoms with E-state index in [1.54, 1.807) is 43.6 Å². The van der Waals surface area contributed by atoms with Crippen LogP contribution in [0.5, 0.6) is 0 Å². The van der Waals surface area contributed by atoms with Gasteiger partial charge in [0.2, 0.25) is 0 Å². The summed E-state index contributed by atoms with van der Waals surface area (Å²) >= 11 is 0. The van der Waals surface area contributed by atoms with Crippen molar-refractivity contribution in [1.29, 1.82) is 0 Å². The monoisotopic (exact) mass is 286 g/mol. The normalized spacial score (nSPS) is 11.9. The Hall–Kier alpha value is -2.14. The van der Waals surface area contributed by atoms with Gasteiger partial charge in [0.25, 0.3) is 10.0 Å². The number of aromatic nitrogens is 2. The lowest BCUT2D eigenvalue weighted by Gasteiger charge is -2.10. The highest BCUT2D eigenvalue weighted by Gasteiger charge is 2.21. The number of pyridine rings is 1. The SMILES string of the molecule is Cc1ccc(S(=O)(=O)n2c(C)cc3ccncc32)cc1. The number of hydrogen-bond acceptors (Lipinski definition) is 3. The number of rotatable bonds is 2. The van der Waals surface area contributed by atoms with Gasteiger partial charge >= 0.3 is 0 Å². The molecule has 2 aromatic heterocycles. The number of hydrogen-bond donors (Lipinski definition) is 0. The number of benzene rings is 1. The van der Waals surface area contributed by atoms with E-state index in [0.717, 1.165) is 10.9 Å². The van der Waals surface area contributed by atoms with Gasteiger partial charge in [-0.25, -0.2) is 12.4 Å². The number of aryl methyl sites for hydroxylation is 2. The molecule has 1 aromatic carbocycles. The summed E-state index contributed by atoms with van der Waals surface area (Å²) in [5.74, 6) is 0. The molecule has 4 nitrogen and oxygen atoms in total. The molecule has 0 atom stereocenters. The van der Waals surface area contributed by atoms with Crippen molar-refractivity contribution in [2.24, 2.45) is 0 Å². The largest absolute Gasteiger partial charge is 0.268 e. The second-order valence-corrected chi connectivity index (χ2v) is 6.59. The van der Waals surface area contributed by atoms with Crippen LogP contribution in [0.25, 0.3) is 10.9 Å². The standard InChI is InChI=1S/C15H14N2O2S/c1-11-3-5-14(6-4-11)20(18,19)17-12(2)9-13-7-8-16-10-15(13)17/h3-10H,1-2H3. The van der Waals surface area contributed by atoms with Gasteiger partial charge in [-0.2, -0.15) is 0 Å². The van der Waals surface area contributed by atoms with Gasteiger partial charge in [-0.3, -0.25) is 4.98 Å². The molecule has 0 fully saturated rings. The molecule has 0 saturated carbocycles. The third-order valence-corrected chi connectivity index (χ3v) is 5.13. The maximum absolute atomic E-state index is 12.8. The van der Waals surface area contributed by atoms with Crippen LogP contribution in [0.4, 0.5) is 0 Å². The minimum Gasteiger partial charge on any atom is -0.262 e. The third kappa shape index (κ3) is 1.91. The maximum atomic E-state index is 12.8. The molecule has 0 unspecified atom stereocenters. The molecule has 102 valence electrons. The summed E-state index contributed by atoms with van der Waals surface area (Å²) in [5.41, 5.74) is 2.30. The highest BCUT2D eigenvalue weighted by Crippen LogP contribution is 2.24. The van der Waals surface area contributed by atoms with Crippen molar-refractivity contribution in [3.8, 4) is 0 Å². The number of nitrogens with zero attached hydrogens (tertiary/aromatic N) is 2. The molecule has 2 heterocycles. The summed E-state index contributed by atoms with van der Waals surface area (Å²) in [5, 5.41) is 0.869. The summed E-state index contributed by atoms with van der Waals surface area (Å²) in [7, 11) is -3.59. The zero-order chi connectivity index (χ0) is 14.3. The van der Waals surface area contributed by atoms with Crippen LogP contribution in [-0.4, -0.2) is 17.4 Å². The Labute approximate surface area is 117 Å². The van der Waals surface area contributed by atoms with E-state index in [-0.39, 0.29) is 4.90 Å². The Morgan fingerprint density at radius 2 is 1.75 bits per heavy atom. The van der Waals surface area contributed by atoms with Crippen LogP contribution in [0, 0.1) is 13.8 Å². The van der Waals surface area contributed by atoms with Crippen LogP contribution >= 0.6 is 0 Å². The summed E-state index contributed by atoms with van der Waals surface area (Å²) < 4.78 is 26.9. The van der Waals surface area contributed by atoms with Crippen molar-refractivity contribution < 1.29 is 8.42 Å². The molecule has 0 aliphatic rings. The topological polar surface area (TPSA) is 52.0 Å². The minimum absolute atomic E-state index is 0.285. The Bertz CT molecular complexity index is 878. The minimum atomic E-state index is -3.59. The molecule has 3 rings (SSSR count). The molecule has 0 aliphatic carbocycles. The van der Waals surface area contributed by atoms with Gasteiger partial charge in [0.1, 0.15) is 0 Å². The molecular weight excluding hydrogens is 272 g/mol. The molecule has 0 amide bonds. The number of fused-ring (bicyclic) bond motifs is 1. The highest BCUT2D eigenvalue weighted by molar-refractivity contribution is 7.90. The molecular formula is C15H14N2O2S. The molecule has 3 aromatic rings. The van der Waals surface area contributed by atoms with Gasteiger partial charge in [0.05, 0.1) is 16.6 Å². The van der Waals surface area contributed by atoms with E-state index in [1.165, 1.54) is 3.97 Å². The summed E-state index contributed by atoms with van der Waals surface area (Å²) in [4.78, 5) is 4.31. The van der Waals surface area contributed by atoms with Crippen LogP contribution in [0.2, 0.25) is 0 Å². The van der Waals surface area contributed by atoms with Gasteiger partial charge < -0.3 is 0 Å². The Balaban J connectivity index is 2.29. The zero-order valence-corrected chi connectivity index (χ0v) is 12.1. The van der Waals surface area contributed by atoms with Gasteiger partial charge in [0, 0.05) is 17.3 Å². The third-order valence-electron chi connectivity index (χ3n) is 3.30. The van der Waals surface area contributed by atoms with Crippen LogP contribution in [0.3, 0.4) is 0 Å². The lowest BCUT2D eigenvalue weighted by Crippen LogP contribution is -2.14. The van der Waals surface area contributed by atoms with E-state index in [4.69, 9.17) is 0 Å². The Morgan fingerprint density at radius 1 is 1.05 bits per heavy atom. The molecule has 0 bridgehead atoms. The predicted molar refractivity (Wildman–Crippen MR) is 78.2 cm³/mol. The molecule has 0 saturated heterocycles. The maximum Gasteiger partial charge on any atom is 0.268 e. The van der Waals surface area contributed by atoms with Crippen LogP contribution in [-0.2, 0) is 10.0 Å². The molecule has 5 heteroatoms. The second-order valence-electron chi connectivity index (χ2n) is 4.80.